The Balaban J connectivity index is 2.54. The van der Waals surface area contributed by atoms with Crippen LogP contribution in [0.15, 0.2) is 24.3 Å². The molecule has 1 aromatic rings. The first-order valence-electron chi connectivity index (χ1n) is 5.83. The third kappa shape index (κ3) is 4.38. The summed E-state index contributed by atoms with van der Waals surface area (Å²) in [4.78, 5) is 0.610. The highest BCUT2D eigenvalue weighted by Crippen LogP contribution is 2.22. The molecule has 2 atom stereocenters. The predicted octanol–water partition coefficient (Wildman–Crippen LogP) is 4.74. The number of hydrogen-bond donors (Lipinski definition) is 0. The minimum Gasteiger partial charge on any atom is -0.0884 e. The Hall–Kier alpha value is -0.300. The lowest BCUT2D eigenvalue weighted by Crippen LogP contribution is -2.13. The minimum atomic E-state index is 0.610. The summed E-state index contributed by atoms with van der Waals surface area (Å²) in [5.41, 5.74) is 2.80. The van der Waals surface area contributed by atoms with Crippen molar-refractivity contribution in [3.63, 3.8) is 0 Å². The summed E-state index contributed by atoms with van der Waals surface area (Å²) in [6.07, 6.45) is 3.72. The Morgan fingerprint density at radius 1 is 1.33 bits per heavy atom. The normalized spacial score (nSPS) is 14.9. The second kappa shape index (κ2) is 6.32. The molecule has 0 nitrogen and oxygen atoms in total. The third-order valence-electron chi connectivity index (χ3n) is 2.87. The van der Waals surface area contributed by atoms with Crippen LogP contribution in [-0.4, -0.2) is 4.83 Å². The quantitative estimate of drug-likeness (QED) is 0.677. The summed E-state index contributed by atoms with van der Waals surface area (Å²) in [5.74, 6) is 0.760. The third-order valence-corrected chi connectivity index (χ3v) is 4.10. The fourth-order valence-corrected chi connectivity index (χ4v) is 2.54. The topological polar surface area (TPSA) is 0 Å². The molecule has 15 heavy (non-hydrogen) atoms. The lowest BCUT2D eigenvalue weighted by atomic mass is 9.96. The van der Waals surface area contributed by atoms with Gasteiger partial charge in [0.25, 0.3) is 0 Å². The molecule has 0 aromatic heterocycles. The van der Waals surface area contributed by atoms with E-state index in [0.29, 0.717) is 4.83 Å². The van der Waals surface area contributed by atoms with Gasteiger partial charge in [0.15, 0.2) is 0 Å². The van der Waals surface area contributed by atoms with Gasteiger partial charge in [0.2, 0.25) is 0 Å². The summed E-state index contributed by atoms with van der Waals surface area (Å²) < 4.78 is 0. The highest BCUT2D eigenvalue weighted by molar-refractivity contribution is 9.09. The lowest BCUT2D eigenvalue weighted by Gasteiger charge is -2.17. The molecule has 0 N–H and O–H groups in total. The molecule has 0 radical (unpaired) electrons. The van der Waals surface area contributed by atoms with E-state index in [1.165, 1.54) is 24.0 Å². The summed E-state index contributed by atoms with van der Waals surface area (Å²) in [7, 11) is 0. The largest absolute Gasteiger partial charge is 0.0884 e. The van der Waals surface area contributed by atoms with Crippen LogP contribution in [0, 0.1) is 12.8 Å². The van der Waals surface area contributed by atoms with Gasteiger partial charge in [-0.05, 0) is 31.2 Å². The van der Waals surface area contributed by atoms with E-state index < -0.39 is 0 Å². The molecule has 0 fully saturated rings. The van der Waals surface area contributed by atoms with E-state index in [4.69, 9.17) is 0 Å². The molecule has 0 saturated carbocycles. The fourth-order valence-electron chi connectivity index (χ4n) is 1.90. The molecule has 1 rings (SSSR count). The maximum Gasteiger partial charge on any atom is 0.0211 e. The van der Waals surface area contributed by atoms with Gasteiger partial charge >= 0.3 is 0 Å². The molecule has 0 spiro atoms. The Morgan fingerprint density at radius 3 is 2.67 bits per heavy atom. The minimum absolute atomic E-state index is 0.610. The summed E-state index contributed by atoms with van der Waals surface area (Å²) in [5, 5.41) is 0. The molecular formula is C14H21Br. The van der Waals surface area contributed by atoms with Gasteiger partial charge in [-0.15, -0.1) is 0 Å². The maximum atomic E-state index is 3.81. The standard InChI is InChI=1S/C14H21Br/c1-4-6-12(3)14(15)10-13-8-5-7-11(2)9-13/h5,7-9,12,14H,4,6,10H2,1-3H3. The average Bonchev–Trinajstić information content (AvgIpc) is 2.18. The van der Waals surface area contributed by atoms with Gasteiger partial charge in [-0.3, -0.25) is 0 Å². The van der Waals surface area contributed by atoms with Crippen molar-refractivity contribution in [3.05, 3.63) is 35.4 Å². The molecule has 0 aliphatic rings. The van der Waals surface area contributed by atoms with Gasteiger partial charge in [0.05, 0.1) is 0 Å². The first-order valence-corrected chi connectivity index (χ1v) is 6.74. The van der Waals surface area contributed by atoms with E-state index in [9.17, 15) is 0 Å². The summed E-state index contributed by atoms with van der Waals surface area (Å²) >= 11 is 3.81. The first kappa shape index (κ1) is 12.8. The number of rotatable bonds is 5. The molecule has 0 amide bonds. The number of aryl methyl sites for hydroxylation is 1. The lowest BCUT2D eigenvalue weighted by molar-refractivity contribution is 0.505. The van der Waals surface area contributed by atoms with Crippen molar-refractivity contribution in [1.82, 2.24) is 0 Å². The van der Waals surface area contributed by atoms with Crippen LogP contribution < -0.4 is 0 Å². The van der Waals surface area contributed by atoms with Gasteiger partial charge in [0.1, 0.15) is 0 Å². The van der Waals surface area contributed by atoms with Crippen molar-refractivity contribution in [3.8, 4) is 0 Å². The van der Waals surface area contributed by atoms with Crippen molar-refractivity contribution in [2.45, 2.75) is 44.9 Å². The van der Waals surface area contributed by atoms with Gasteiger partial charge < -0.3 is 0 Å². The van der Waals surface area contributed by atoms with Gasteiger partial charge in [-0.25, -0.2) is 0 Å². The van der Waals surface area contributed by atoms with Gasteiger partial charge in [0, 0.05) is 4.83 Å². The van der Waals surface area contributed by atoms with E-state index in [1.807, 2.05) is 0 Å². The number of alkyl halides is 1. The van der Waals surface area contributed by atoms with Gasteiger partial charge in [-0.1, -0.05) is 66.0 Å². The average molecular weight is 269 g/mol. The zero-order valence-corrected chi connectivity index (χ0v) is 11.5. The van der Waals surface area contributed by atoms with Crippen molar-refractivity contribution in [2.75, 3.05) is 0 Å². The van der Waals surface area contributed by atoms with Crippen molar-refractivity contribution < 1.29 is 0 Å². The van der Waals surface area contributed by atoms with Crippen LogP contribution in [0.5, 0.6) is 0 Å². The highest BCUT2D eigenvalue weighted by Gasteiger charge is 2.13. The number of benzene rings is 1. The highest BCUT2D eigenvalue weighted by atomic mass is 79.9. The van der Waals surface area contributed by atoms with Crippen LogP contribution in [0.25, 0.3) is 0 Å². The Kier molecular flexibility index (Phi) is 5.38. The van der Waals surface area contributed by atoms with E-state index in [0.717, 1.165) is 12.3 Å². The molecule has 84 valence electrons. The number of halogens is 1. The zero-order valence-electron chi connectivity index (χ0n) is 9.96. The molecule has 0 aliphatic heterocycles. The molecule has 1 heteroatoms. The maximum absolute atomic E-state index is 3.81. The summed E-state index contributed by atoms with van der Waals surface area (Å²) in [6.45, 7) is 6.74. The van der Waals surface area contributed by atoms with Crippen molar-refractivity contribution in [2.24, 2.45) is 5.92 Å². The second-order valence-electron chi connectivity index (χ2n) is 4.48. The van der Waals surface area contributed by atoms with Crippen LogP contribution in [-0.2, 0) is 6.42 Å². The van der Waals surface area contributed by atoms with E-state index in [2.05, 4.69) is 61.0 Å². The molecule has 0 bridgehead atoms. The van der Waals surface area contributed by atoms with Crippen LogP contribution in [0.4, 0.5) is 0 Å². The van der Waals surface area contributed by atoms with Crippen LogP contribution in [0.2, 0.25) is 0 Å². The van der Waals surface area contributed by atoms with Crippen molar-refractivity contribution >= 4 is 15.9 Å². The predicted molar refractivity (Wildman–Crippen MR) is 71.7 cm³/mol. The Labute approximate surface area is 102 Å². The summed E-state index contributed by atoms with van der Waals surface area (Å²) in [6, 6.07) is 8.81. The Morgan fingerprint density at radius 2 is 2.07 bits per heavy atom. The smallest absolute Gasteiger partial charge is 0.0211 e. The first-order chi connectivity index (χ1) is 7.13. The Bertz CT molecular complexity index is 293. The van der Waals surface area contributed by atoms with E-state index >= 15 is 0 Å². The molecule has 1 aromatic carbocycles. The van der Waals surface area contributed by atoms with E-state index in [1.54, 1.807) is 0 Å². The van der Waals surface area contributed by atoms with Crippen LogP contribution in [0.1, 0.15) is 37.8 Å². The van der Waals surface area contributed by atoms with Crippen LogP contribution >= 0.6 is 15.9 Å². The zero-order chi connectivity index (χ0) is 11.3. The fraction of sp³-hybridized carbons (Fsp3) is 0.571. The monoisotopic (exact) mass is 268 g/mol. The molecule has 0 saturated heterocycles. The molecule has 0 heterocycles. The molecule has 0 aliphatic carbocycles. The van der Waals surface area contributed by atoms with Crippen molar-refractivity contribution in [1.29, 1.82) is 0 Å². The van der Waals surface area contributed by atoms with E-state index in [-0.39, 0.29) is 0 Å². The van der Waals surface area contributed by atoms with Gasteiger partial charge in [-0.2, -0.15) is 0 Å². The molecular weight excluding hydrogens is 248 g/mol. The van der Waals surface area contributed by atoms with Crippen LogP contribution in [0.3, 0.4) is 0 Å². The number of hydrogen-bond acceptors (Lipinski definition) is 0. The second-order valence-corrected chi connectivity index (χ2v) is 5.65. The SMILES string of the molecule is CCCC(C)C(Br)Cc1cccc(C)c1. The molecule has 2 unspecified atom stereocenters.